The summed E-state index contributed by atoms with van der Waals surface area (Å²) in [7, 11) is 1.17. The Morgan fingerprint density at radius 2 is 1.06 bits per heavy atom. The summed E-state index contributed by atoms with van der Waals surface area (Å²) in [5, 5.41) is 0. The second kappa shape index (κ2) is 33.6. The van der Waals surface area contributed by atoms with Gasteiger partial charge in [0.05, 0.1) is 27.7 Å². The molecule has 0 aliphatic carbocycles. The molecule has 0 rings (SSSR count). The van der Waals surface area contributed by atoms with Crippen LogP contribution in [0, 0.1) is 0 Å². The van der Waals surface area contributed by atoms with E-state index in [-0.39, 0.29) is 32.0 Å². The highest BCUT2D eigenvalue weighted by Crippen LogP contribution is 2.38. The zero-order chi connectivity index (χ0) is 37.2. The number of ether oxygens (including phenoxy) is 2. The predicted octanol–water partition coefficient (Wildman–Crippen LogP) is 10.4. The van der Waals surface area contributed by atoms with Gasteiger partial charge in [0, 0.05) is 12.8 Å². The van der Waals surface area contributed by atoms with Crippen LogP contribution in [0.4, 0.5) is 0 Å². The fourth-order valence-electron chi connectivity index (χ4n) is 5.69. The normalized spacial score (nSPS) is 13.5. The summed E-state index contributed by atoms with van der Waals surface area (Å²) in [6, 6.07) is 0. The monoisotopic (exact) mass is 732 g/mol. The van der Waals surface area contributed by atoms with E-state index in [9.17, 15) is 19.0 Å². The number of allylic oxidation sites excluding steroid dienone is 1. The predicted molar refractivity (Wildman–Crippen MR) is 204 cm³/mol. The molecule has 0 aromatic rings. The Balaban J connectivity index is 4.34. The van der Waals surface area contributed by atoms with Gasteiger partial charge in [0.25, 0.3) is 7.82 Å². The third-order valence-corrected chi connectivity index (χ3v) is 9.90. The number of phosphoric acid groups is 1. The first-order valence-electron chi connectivity index (χ1n) is 20.4. The molecule has 0 spiro atoms. The average Bonchev–Trinajstić information content (AvgIpc) is 3.06. The lowest BCUT2D eigenvalue weighted by Crippen LogP contribution is -2.37. The van der Waals surface area contributed by atoms with Gasteiger partial charge in [0.2, 0.25) is 0 Å². The molecule has 2 atom stereocenters. The second-order valence-corrected chi connectivity index (χ2v) is 16.5. The topological polar surface area (TPSA) is 111 Å². The van der Waals surface area contributed by atoms with Gasteiger partial charge in [0.1, 0.15) is 19.8 Å². The number of likely N-dealkylation sites (N-methyl/N-ethyl adjacent to an activating group) is 1. The third-order valence-electron chi connectivity index (χ3n) is 8.93. The number of carbonyl (C=O) groups is 2. The van der Waals surface area contributed by atoms with Gasteiger partial charge in [-0.15, -0.1) is 6.58 Å². The zero-order valence-electron chi connectivity index (χ0n) is 32.9. The largest absolute Gasteiger partial charge is 0.756 e. The van der Waals surface area contributed by atoms with Gasteiger partial charge in [-0.25, -0.2) is 0 Å². The molecule has 0 heterocycles. The van der Waals surface area contributed by atoms with Crippen molar-refractivity contribution in [1.29, 1.82) is 0 Å². The molecule has 9 nitrogen and oxygen atoms in total. The van der Waals surface area contributed by atoms with Crippen LogP contribution in [-0.2, 0) is 32.7 Å². The van der Waals surface area contributed by atoms with E-state index >= 15 is 0 Å². The fraction of sp³-hybridized carbons (Fsp3) is 0.900. The van der Waals surface area contributed by atoms with Crippen molar-refractivity contribution in [3.05, 3.63) is 12.7 Å². The molecule has 0 saturated heterocycles. The summed E-state index contributed by atoms with van der Waals surface area (Å²) < 4.78 is 33.8. The number of carbonyl (C=O) groups excluding carboxylic acids is 2. The lowest BCUT2D eigenvalue weighted by Gasteiger charge is -2.28. The van der Waals surface area contributed by atoms with Crippen LogP contribution in [0.3, 0.4) is 0 Å². The first-order valence-corrected chi connectivity index (χ1v) is 21.8. The summed E-state index contributed by atoms with van der Waals surface area (Å²) in [5.41, 5.74) is 0. The maximum absolute atomic E-state index is 12.6. The van der Waals surface area contributed by atoms with Crippen molar-refractivity contribution in [2.45, 2.75) is 186 Å². The molecule has 0 amide bonds. The van der Waals surface area contributed by atoms with E-state index in [0.29, 0.717) is 17.4 Å². The molecule has 0 bridgehead atoms. The minimum atomic E-state index is -4.61. The highest BCUT2D eigenvalue weighted by atomic mass is 31.2. The van der Waals surface area contributed by atoms with Crippen LogP contribution < -0.4 is 4.89 Å². The molecular weight excluding hydrogens is 653 g/mol. The number of phosphoric ester groups is 1. The standard InChI is InChI=1S/C40H78NO8P/c1-6-8-10-12-14-16-18-19-20-21-23-24-26-28-30-32-39(42)46-36-38(37-48-50(44,45)47-35-34-41(3,4)5)49-40(43)33-31-29-27-25-22-17-15-13-11-9-7-2/h6,38H,1,7-37H2,2-5H3/t38-/m1/s1. The highest BCUT2D eigenvalue weighted by Gasteiger charge is 2.21. The molecule has 0 saturated carbocycles. The minimum Gasteiger partial charge on any atom is -0.756 e. The SMILES string of the molecule is C=CCCCCCCCCCCCCCCCC(=O)OC[C@H](COP(=O)([O-])OCC[N+](C)(C)C)OC(=O)CCCCCCCCCCCCC. The van der Waals surface area contributed by atoms with E-state index in [1.165, 1.54) is 116 Å². The number of nitrogens with zero attached hydrogens (tertiary/aromatic N) is 1. The van der Waals surface area contributed by atoms with E-state index in [2.05, 4.69) is 13.5 Å². The van der Waals surface area contributed by atoms with E-state index in [0.717, 1.165) is 38.5 Å². The number of unbranched alkanes of at least 4 members (excludes halogenated alkanes) is 23. The summed E-state index contributed by atoms with van der Waals surface area (Å²) in [6.07, 6.45) is 31.3. The molecule has 0 radical (unpaired) electrons. The number of rotatable bonds is 38. The maximum Gasteiger partial charge on any atom is 0.306 e. The van der Waals surface area contributed by atoms with Crippen LogP contribution in [0.25, 0.3) is 0 Å². The van der Waals surface area contributed by atoms with Crippen molar-refractivity contribution in [2.24, 2.45) is 0 Å². The molecule has 0 aliphatic rings. The van der Waals surface area contributed by atoms with Gasteiger partial charge in [-0.1, -0.05) is 148 Å². The summed E-state index contributed by atoms with van der Waals surface area (Å²) in [6.45, 7) is 5.74. The molecule has 1 unspecified atom stereocenters. The van der Waals surface area contributed by atoms with Crippen LogP contribution in [0.15, 0.2) is 12.7 Å². The molecule has 0 aliphatic heterocycles. The number of hydrogen-bond donors (Lipinski definition) is 0. The first kappa shape index (κ1) is 48.8. The molecule has 0 fully saturated rings. The van der Waals surface area contributed by atoms with Crippen LogP contribution in [-0.4, -0.2) is 70.0 Å². The van der Waals surface area contributed by atoms with Gasteiger partial charge in [-0.05, 0) is 25.7 Å². The van der Waals surface area contributed by atoms with Crippen LogP contribution >= 0.6 is 7.82 Å². The van der Waals surface area contributed by atoms with Crippen molar-refractivity contribution in [3.63, 3.8) is 0 Å². The fourth-order valence-corrected chi connectivity index (χ4v) is 6.42. The summed E-state index contributed by atoms with van der Waals surface area (Å²) >= 11 is 0. The number of hydrogen-bond acceptors (Lipinski definition) is 8. The van der Waals surface area contributed by atoms with Gasteiger partial charge in [0.15, 0.2) is 6.10 Å². The molecule has 10 heteroatoms. The van der Waals surface area contributed by atoms with Crippen LogP contribution in [0.5, 0.6) is 0 Å². The molecule has 296 valence electrons. The second-order valence-electron chi connectivity index (χ2n) is 15.1. The highest BCUT2D eigenvalue weighted by molar-refractivity contribution is 7.45. The Morgan fingerprint density at radius 1 is 0.640 bits per heavy atom. The number of esters is 2. The van der Waals surface area contributed by atoms with Crippen molar-refractivity contribution >= 4 is 19.8 Å². The zero-order valence-corrected chi connectivity index (χ0v) is 33.8. The molecule has 50 heavy (non-hydrogen) atoms. The van der Waals surface area contributed by atoms with Crippen molar-refractivity contribution in [2.75, 3.05) is 47.5 Å². The van der Waals surface area contributed by atoms with Gasteiger partial charge < -0.3 is 27.9 Å². The quantitative estimate of drug-likeness (QED) is 0.0203. The molecule has 0 aromatic heterocycles. The lowest BCUT2D eigenvalue weighted by atomic mass is 10.0. The Kier molecular flexibility index (Phi) is 32.7. The van der Waals surface area contributed by atoms with Crippen LogP contribution in [0.2, 0.25) is 0 Å². The Labute approximate surface area is 307 Å². The first-order chi connectivity index (χ1) is 24.0. The van der Waals surface area contributed by atoms with Crippen molar-refractivity contribution in [3.8, 4) is 0 Å². The van der Waals surface area contributed by atoms with Gasteiger partial charge in [-0.2, -0.15) is 0 Å². The van der Waals surface area contributed by atoms with Gasteiger partial charge >= 0.3 is 11.9 Å². The summed E-state index contributed by atoms with van der Waals surface area (Å²) in [5.74, 6) is -0.832. The molecule has 0 N–H and O–H groups in total. The van der Waals surface area contributed by atoms with Crippen molar-refractivity contribution < 1.29 is 42.1 Å². The molecular formula is C40H78NO8P. The Hall–Kier alpha value is -1.25. The Morgan fingerprint density at radius 3 is 1.50 bits per heavy atom. The lowest BCUT2D eigenvalue weighted by molar-refractivity contribution is -0.870. The molecule has 0 aromatic carbocycles. The van der Waals surface area contributed by atoms with E-state index in [4.69, 9.17) is 18.5 Å². The van der Waals surface area contributed by atoms with Crippen molar-refractivity contribution in [1.82, 2.24) is 0 Å². The minimum absolute atomic E-state index is 0.0282. The summed E-state index contributed by atoms with van der Waals surface area (Å²) in [4.78, 5) is 37.4. The van der Waals surface area contributed by atoms with E-state index in [1.807, 2.05) is 27.2 Å². The Bertz CT molecular complexity index is 863. The average molecular weight is 732 g/mol. The third kappa shape index (κ3) is 36.5. The van der Waals surface area contributed by atoms with Gasteiger partial charge in [-0.3, -0.25) is 14.2 Å². The number of quaternary nitrogens is 1. The maximum atomic E-state index is 12.6. The van der Waals surface area contributed by atoms with Crippen LogP contribution in [0.1, 0.15) is 180 Å². The van der Waals surface area contributed by atoms with E-state index in [1.54, 1.807) is 0 Å². The van der Waals surface area contributed by atoms with E-state index < -0.39 is 26.5 Å². The smallest absolute Gasteiger partial charge is 0.306 e.